The zero-order valence-corrected chi connectivity index (χ0v) is 51.0. The molecule has 0 fully saturated rings. The van der Waals surface area contributed by atoms with Gasteiger partial charge in [0.2, 0.25) is 5.91 Å². The molecule has 0 aromatic carbocycles. The van der Waals surface area contributed by atoms with E-state index in [1.54, 1.807) is 6.08 Å². The van der Waals surface area contributed by atoms with Gasteiger partial charge in [-0.2, -0.15) is 0 Å². The second-order valence-electron chi connectivity index (χ2n) is 23.1. The zero-order chi connectivity index (χ0) is 55.0. The van der Waals surface area contributed by atoms with Crippen molar-refractivity contribution in [1.82, 2.24) is 5.32 Å². The lowest BCUT2D eigenvalue weighted by molar-refractivity contribution is -0.143. The van der Waals surface area contributed by atoms with Crippen LogP contribution in [0.1, 0.15) is 361 Å². The molecule has 0 aliphatic carbocycles. The Morgan fingerprint density at radius 2 is 0.684 bits per heavy atom. The van der Waals surface area contributed by atoms with E-state index in [0.29, 0.717) is 19.4 Å². The Morgan fingerprint density at radius 1 is 0.368 bits per heavy atom. The van der Waals surface area contributed by atoms with Crippen LogP contribution >= 0.6 is 0 Å². The molecule has 2 unspecified atom stereocenters. The van der Waals surface area contributed by atoms with Crippen LogP contribution in [0, 0.1) is 0 Å². The van der Waals surface area contributed by atoms with Crippen molar-refractivity contribution in [3.05, 3.63) is 48.6 Å². The molecule has 6 heteroatoms. The number of carbonyl (C=O) groups is 2. The van der Waals surface area contributed by atoms with E-state index in [0.717, 1.165) is 57.8 Å². The van der Waals surface area contributed by atoms with Gasteiger partial charge in [0.1, 0.15) is 0 Å². The third-order valence-corrected chi connectivity index (χ3v) is 15.5. The third kappa shape index (κ3) is 61.0. The van der Waals surface area contributed by atoms with Crippen LogP contribution in [0.15, 0.2) is 48.6 Å². The standard InChI is InChI=1S/C70H131NO5/c1-3-5-7-9-11-13-15-17-18-19-20-21-22-23-26-29-32-35-39-42-46-50-54-58-62-68(73)67(66-72)71-69(74)63-59-55-51-47-43-40-36-33-30-27-24-25-28-31-34-37-41-45-49-53-57-61-65-76-70(75)64-60-56-52-48-44-38-16-14-12-10-8-6-4-2/h8,10,14,16,27,30,58,62,67-68,72-73H,3-7,9,11-13,15,17-26,28-29,31-57,59-61,63-66H2,1-2H3,(H,71,74)/b10-8-,16-14-,30-27-,62-58+. The molecule has 0 rings (SSSR count). The molecule has 0 spiro atoms. The average molecular weight is 1070 g/mol. The highest BCUT2D eigenvalue weighted by Gasteiger charge is 2.18. The molecular formula is C70H131NO5. The summed E-state index contributed by atoms with van der Waals surface area (Å²) in [7, 11) is 0. The fourth-order valence-electron chi connectivity index (χ4n) is 10.4. The summed E-state index contributed by atoms with van der Waals surface area (Å²) in [6.07, 6.45) is 84.6. The summed E-state index contributed by atoms with van der Waals surface area (Å²) in [6, 6.07) is -0.635. The number of hydrogen-bond acceptors (Lipinski definition) is 5. The predicted molar refractivity (Wildman–Crippen MR) is 333 cm³/mol. The molecule has 0 saturated carbocycles. The van der Waals surface area contributed by atoms with E-state index in [2.05, 4.69) is 55.6 Å². The van der Waals surface area contributed by atoms with Gasteiger partial charge < -0.3 is 20.3 Å². The number of ether oxygens (including phenoxy) is 1. The van der Waals surface area contributed by atoms with Crippen molar-refractivity contribution in [2.24, 2.45) is 0 Å². The number of rotatable bonds is 63. The lowest BCUT2D eigenvalue weighted by Gasteiger charge is -2.20. The first-order valence-electron chi connectivity index (χ1n) is 33.9. The Hall–Kier alpha value is -2.18. The highest BCUT2D eigenvalue weighted by atomic mass is 16.5. The van der Waals surface area contributed by atoms with Gasteiger partial charge in [0, 0.05) is 12.8 Å². The first-order valence-corrected chi connectivity index (χ1v) is 33.9. The van der Waals surface area contributed by atoms with Crippen molar-refractivity contribution in [1.29, 1.82) is 0 Å². The second kappa shape index (κ2) is 65.3. The normalized spacial score (nSPS) is 12.8. The van der Waals surface area contributed by atoms with Crippen LogP contribution in [-0.4, -0.2) is 47.4 Å². The van der Waals surface area contributed by atoms with E-state index in [1.165, 1.54) is 276 Å². The number of hydrogen-bond donors (Lipinski definition) is 3. The van der Waals surface area contributed by atoms with Gasteiger partial charge in [-0.15, -0.1) is 0 Å². The molecule has 0 aromatic heterocycles. The number of amides is 1. The lowest BCUT2D eigenvalue weighted by Crippen LogP contribution is -2.45. The van der Waals surface area contributed by atoms with Gasteiger partial charge >= 0.3 is 5.97 Å². The smallest absolute Gasteiger partial charge is 0.305 e. The zero-order valence-electron chi connectivity index (χ0n) is 51.0. The van der Waals surface area contributed by atoms with Crippen LogP contribution < -0.4 is 5.32 Å². The monoisotopic (exact) mass is 1070 g/mol. The number of aliphatic hydroxyl groups is 2. The molecule has 6 nitrogen and oxygen atoms in total. The van der Waals surface area contributed by atoms with E-state index < -0.39 is 12.1 Å². The Labute approximate surface area is 474 Å². The summed E-state index contributed by atoms with van der Waals surface area (Å²) < 4.78 is 5.47. The average Bonchev–Trinajstić information content (AvgIpc) is 3.42. The highest BCUT2D eigenvalue weighted by Crippen LogP contribution is 2.18. The SMILES string of the molecule is CCC/C=C\C/C=C\CCCCCCCC(=O)OCCCCCCCCCCCCC/C=C\CCCCCCCCCC(=O)NC(CO)C(O)/C=C/CCCCCCCCCCCCCCCCCCCCCCCC. The van der Waals surface area contributed by atoms with Crippen LogP contribution in [-0.2, 0) is 14.3 Å². The summed E-state index contributed by atoms with van der Waals surface area (Å²) in [5.74, 6) is -0.0781. The lowest BCUT2D eigenvalue weighted by atomic mass is 10.0. The Morgan fingerprint density at radius 3 is 1.07 bits per heavy atom. The summed E-state index contributed by atoms with van der Waals surface area (Å²) in [5, 5.41) is 23.3. The highest BCUT2D eigenvalue weighted by molar-refractivity contribution is 5.76. The van der Waals surface area contributed by atoms with Crippen LogP contribution in [0.25, 0.3) is 0 Å². The number of allylic oxidation sites excluding steroid dienone is 7. The molecule has 0 bridgehead atoms. The molecule has 0 heterocycles. The van der Waals surface area contributed by atoms with Gasteiger partial charge in [0.15, 0.2) is 0 Å². The van der Waals surface area contributed by atoms with Crippen molar-refractivity contribution in [2.45, 2.75) is 373 Å². The summed E-state index contributed by atoms with van der Waals surface area (Å²) in [4.78, 5) is 24.6. The molecule has 0 radical (unpaired) electrons. The minimum Gasteiger partial charge on any atom is -0.466 e. The van der Waals surface area contributed by atoms with E-state index in [-0.39, 0.29) is 18.5 Å². The number of aliphatic hydroxyl groups excluding tert-OH is 2. The van der Waals surface area contributed by atoms with Crippen molar-refractivity contribution >= 4 is 11.9 Å². The van der Waals surface area contributed by atoms with Gasteiger partial charge in [0.05, 0.1) is 25.4 Å². The van der Waals surface area contributed by atoms with Crippen molar-refractivity contribution in [3.63, 3.8) is 0 Å². The fourth-order valence-corrected chi connectivity index (χ4v) is 10.4. The molecular weight excluding hydrogens is 935 g/mol. The van der Waals surface area contributed by atoms with Gasteiger partial charge in [-0.3, -0.25) is 9.59 Å². The maximum Gasteiger partial charge on any atom is 0.305 e. The van der Waals surface area contributed by atoms with Crippen molar-refractivity contribution in [2.75, 3.05) is 13.2 Å². The molecule has 2 atom stereocenters. The van der Waals surface area contributed by atoms with Gasteiger partial charge in [-0.05, 0) is 83.5 Å². The number of carbonyl (C=O) groups excluding carboxylic acids is 2. The summed E-state index contributed by atoms with van der Waals surface area (Å²) in [6.45, 7) is 4.85. The van der Waals surface area contributed by atoms with Crippen molar-refractivity contribution < 1.29 is 24.5 Å². The second-order valence-corrected chi connectivity index (χ2v) is 23.1. The third-order valence-electron chi connectivity index (χ3n) is 15.5. The molecule has 76 heavy (non-hydrogen) atoms. The van der Waals surface area contributed by atoms with E-state index in [1.807, 2.05) is 6.08 Å². The van der Waals surface area contributed by atoms with E-state index in [4.69, 9.17) is 4.74 Å². The van der Waals surface area contributed by atoms with E-state index in [9.17, 15) is 19.8 Å². The molecule has 0 aliphatic heterocycles. The Balaban J connectivity index is 3.46. The Bertz CT molecular complexity index is 1270. The minimum atomic E-state index is -0.851. The van der Waals surface area contributed by atoms with Crippen molar-refractivity contribution in [3.8, 4) is 0 Å². The van der Waals surface area contributed by atoms with Gasteiger partial charge in [-0.1, -0.05) is 313 Å². The summed E-state index contributed by atoms with van der Waals surface area (Å²) >= 11 is 0. The first kappa shape index (κ1) is 73.8. The number of unbranched alkanes of at least 4 members (excludes halogenated alkanes) is 46. The molecule has 446 valence electrons. The fraction of sp³-hybridized carbons (Fsp3) is 0.857. The molecule has 0 aliphatic rings. The van der Waals surface area contributed by atoms with E-state index >= 15 is 0 Å². The maximum absolute atomic E-state index is 12.5. The molecule has 3 N–H and O–H groups in total. The van der Waals surface area contributed by atoms with Crippen LogP contribution in [0.2, 0.25) is 0 Å². The Kier molecular flexibility index (Phi) is 63.5. The van der Waals surface area contributed by atoms with Gasteiger partial charge in [-0.25, -0.2) is 0 Å². The molecule has 1 amide bonds. The first-order chi connectivity index (χ1) is 37.5. The largest absolute Gasteiger partial charge is 0.466 e. The number of esters is 1. The quantitative estimate of drug-likeness (QED) is 0.0320. The van der Waals surface area contributed by atoms with Crippen LogP contribution in [0.3, 0.4) is 0 Å². The molecule has 0 aromatic rings. The predicted octanol–water partition coefficient (Wildman–Crippen LogP) is 21.7. The maximum atomic E-state index is 12.5. The van der Waals surface area contributed by atoms with Crippen LogP contribution in [0.4, 0.5) is 0 Å². The molecule has 0 saturated heterocycles. The van der Waals surface area contributed by atoms with Crippen LogP contribution in [0.5, 0.6) is 0 Å². The summed E-state index contributed by atoms with van der Waals surface area (Å²) in [5.41, 5.74) is 0. The number of nitrogens with one attached hydrogen (secondary N) is 1. The topological polar surface area (TPSA) is 95.9 Å². The minimum absolute atomic E-state index is 0.00590. The van der Waals surface area contributed by atoms with Gasteiger partial charge in [0.25, 0.3) is 0 Å².